The Morgan fingerprint density at radius 3 is 2.85 bits per heavy atom. The minimum absolute atomic E-state index is 0.205. The summed E-state index contributed by atoms with van der Waals surface area (Å²) < 4.78 is 5.39. The first kappa shape index (κ1) is 10.1. The monoisotopic (exact) mass is 179 g/mol. The second-order valence-electron chi connectivity index (χ2n) is 3.26. The zero-order valence-electron chi connectivity index (χ0n) is 8.29. The van der Waals surface area contributed by atoms with E-state index in [4.69, 9.17) is 10.5 Å². The van der Waals surface area contributed by atoms with Gasteiger partial charge in [0.15, 0.2) is 0 Å². The van der Waals surface area contributed by atoms with E-state index in [1.165, 1.54) is 5.56 Å². The summed E-state index contributed by atoms with van der Waals surface area (Å²) in [4.78, 5) is 0. The largest absolute Gasteiger partial charge is 0.494 e. The van der Waals surface area contributed by atoms with E-state index in [0.29, 0.717) is 6.61 Å². The van der Waals surface area contributed by atoms with Gasteiger partial charge in [0.05, 0.1) is 6.61 Å². The van der Waals surface area contributed by atoms with E-state index in [0.717, 1.165) is 12.2 Å². The topological polar surface area (TPSA) is 35.2 Å². The maximum atomic E-state index is 5.71. The highest BCUT2D eigenvalue weighted by Crippen LogP contribution is 2.14. The maximum absolute atomic E-state index is 5.71. The van der Waals surface area contributed by atoms with Gasteiger partial charge in [-0.3, -0.25) is 0 Å². The van der Waals surface area contributed by atoms with Crippen molar-refractivity contribution in [2.45, 2.75) is 26.3 Å². The highest BCUT2D eigenvalue weighted by atomic mass is 16.5. The van der Waals surface area contributed by atoms with Crippen molar-refractivity contribution in [3.63, 3.8) is 0 Å². The predicted molar refractivity (Wildman–Crippen MR) is 55.0 cm³/mol. The second kappa shape index (κ2) is 4.87. The van der Waals surface area contributed by atoms with Gasteiger partial charge in [0, 0.05) is 6.04 Å². The van der Waals surface area contributed by atoms with Gasteiger partial charge in [-0.2, -0.15) is 0 Å². The molecule has 1 atom stereocenters. The van der Waals surface area contributed by atoms with E-state index in [-0.39, 0.29) is 6.04 Å². The molecule has 13 heavy (non-hydrogen) atoms. The summed E-state index contributed by atoms with van der Waals surface area (Å²) in [6.07, 6.45) is 0.904. The smallest absolute Gasteiger partial charge is 0.119 e. The van der Waals surface area contributed by atoms with Crippen LogP contribution in [0, 0.1) is 0 Å². The molecule has 0 heterocycles. The van der Waals surface area contributed by atoms with Crippen LogP contribution >= 0.6 is 0 Å². The molecule has 0 spiro atoms. The van der Waals surface area contributed by atoms with Crippen LogP contribution in [0.3, 0.4) is 0 Å². The maximum Gasteiger partial charge on any atom is 0.119 e. The molecule has 0 amide bonds. The van der Waals surface area contributed by atoms with E-state index >= 15 is 0 Å². The van der Waals surface area contributed by atoms with Gasteiger partial charge in [-0.25, -0.2) is 0 Å². The van der Waals surface area contributed by atoms with Crippen molar-refractivity contribution in [2.24, 2.45) is 5.73 Å². The molecule has 2 heteroatoms. The van der Waals surface area contributed by atoms with Crippen molar-refractivity contribution < 1.29 is 4.74 Å². The third-order valence-corrected chi connectivity index (χ3v) is 1.77. The van der Waals surface area contributed by atoms with E-state index in [2.05, 4.69) is 6.07 Å². The van der Waals surface area contributed by atoms with Crippen molar-refractivity contribution in [1.82, 2.24) is 0 Å². The van der Waals surface area contributed by atoms with Gasteiger partial charge in [0.2, 0.25) is 0 Å². The lowest BCUT2D eigenvalue weighted by Gasteiger charge is -2.07. The van der Waals surface area contributed by atoms with Crippen LogP contribution < -0.4 is 10.5 Å². The third kappa shape index (κ3) is 3.47. The second-order valence-corrected chi connectivity index (χ2v) is 3.26. The normalized spacial score (nSPS) is 12.5. The molecule has 0 fully saturated rings. The summed E-state index contributed by atoms with van der Waals surface area (Å²) in [5.74, 6) is 0.931. The van der Waals surface area contributed by atoms with E-state index in [1.54, 1.807) is 0 Å². The molecule has 0 radical (unpaired) electrons. The van der Waals surface area contributed by atoms with E-state index in [9.17, 15) is 0 Å². The fraction of sp³-hybridized carbons (Fsp3) is 0.455. The molecule has 2 nitrogen and oxygen atoms in total. The van der Waals surface area contributed by atoms with Crippen molar-refractivity contribution >= 4 is 0 Å². The molecule has 0 aliphatic rings. The minimum Gasteiger partial charge on any atom is -0.494 e. The molecular formula is C11H17NO. The Hall–Kier alpha value is -1.02. The van der Waals surface area contributed by atoms with Crippen LogP contribution in [0.5, 0.6) is 5.75 Å². The van der Waals surface area contributed by atoms with Gasteiger partial charge < -0.3 is 10.5 Å². The molecule has 72 valence electrons. The average Bonchev–Trinajstić information content (AvgIpc) is 2.04. The Balaban J connectivity index is 2.67. The number of ether oxygens (including phenoxy) is 1. The average molecular weight is 179 g/mol. The van der Waals surface area contributed by atoms with Gasteiger partial charge in [0.25, 0.3) is 0 Å². The fourth-order valence-corrected chi connectivity index (χ4v) is 1.30. The molecule has 1 aromatic rings. The SMILES string of the molecule is CCOc1cccc(C[C@@H](C)N)c1. The Morgan fingerprint density at radius 1 is 1.46 bits per heavy atom. The van der Waals surface area contributed by atoms with Gasteiger partial charge in [0.1, 0.15) is 5.75 Å². The highest BCUT2D eigenvalue weighted by molar-refractivity contribution is 5.28. The molecule has 0 aliphatic carbocycles. The first-order valence-electron chi connectivity index (χ1n) is 4.69. The van der Waals surface area contributed by atoms with Crippen molar-refractivity contribution in [3.05, 3.63) is 29.8 Å². The van der Waals surface area contributed by atoms with Crippen LogP contribution in [0.25, 0.3) is 0 Å². The summed E-state index contributed by atoms with van der Waals surface area (Å²) >= 11 is 0. The number of nitrogens with two attached hydrogens (primary N) is 1. The molecule has 1 rings (SSSR count). The Bertz CT molecular complexity index is 258. The van der Waals surface area contributed by atoms with E-state index in [1.807, 2.05) is 32.0 Å². The van der Waals surface area contributed by atoms with Crippen LogP contribution in [0.1, 0.15) is 19.4 Å². The summed E-state index contributed by atoms with van der Waals surface area (Å²) in [6, 6.07) is 8.30. The van der Waals surface area contributed by atoms with Gasteiger partial charge in [-0.05, 0) is 38.0 Å². The fourth-order valence-electron chi connectivity index (χ4n) is 1.30. The molecule has 2 N–H and O–H groups in total. The van der Waals surface area contributed by atoms with Gasteiger partial charge >= 0.3 is 0 Å². The zero-order chi connectivity index (χ0) is 9.68. The predicted octanol–water partition coefficient (Wildman–Crippen LogP) is 1.98. The Kier molecular flexibility index (Phi) is 3.77. The van der Waals surface area contributed by atoms with Crippen LogP contribution in [0.2, 0.25) is 0 Å². The first-order chi connectivity index (χ1) is 6.22. The van der Waals surface area contributed by atoms with Crippen molar-refractivity contribution in [1.29, 1.82) is 0 Å². The molecule has 0 aliphatic heterocycles. The molecular weight excluding hydrogens is 162 g/mol. The number of hydrogen-bond acceptors (Lipinski definition) is 2. The number of rotatable bonds is 4. The van der Waals surface area contributed by atoms with Crippen molar-refractivity contribution in [2.75, 3.05) is 6.61 Å². The minimum atomic E-state index is 0.205. The summed E-state index contributed by atoms with van der Waals surface area (Å²) in [6.45, 7) is 4.70. The van der Waals surface area contributed by atoms with Crippen LogP contribution in [0.15, 0.2) is 24.3 Å². The summed E-state index contributed by atoms with van der Waals surface area (Å²) in [5, 5.41) is 0. The summed E-state index contributed by atoms with van der Waals surface area (Å²) in [7, 11) is 0. The first-order valence-corrected chi connectivity index (χ1v) is 4.69. The lowest BCUT2D eigenvalue weighted by molar-refractivity contribution is 0.340. The number of hydrogen-bond donors (Lipinski definition) is 1. The standard InChI is InChI=1S/C11H17NO/c1-3-13-11-6-4-5-10(8-11)7-9(2)12/h4-6,8-9H,3,7,12H2,1-2H3/t9-/m1/s1. The van der Waals surface area contributed by atoms with Crippen LogP contribution in [-0.4, -0.2) is 12.6 Å². The quantitative estimate of drug-likeness (QED) is 0.767. The van der Waals surface area contributed by atoms with Crippen LogP contribution in [0.4, 0.5) is 0 Å². The Labute approximate surface area is 79.7 Å². The van der Waals surface area contributed by atoms with Crippen LogP contribution in [-0.2, 0) is 6.42 Å². The lowest BCUT2D eigenvalue weighted by atomic mass is 10.1. The van der Waals surface area contributed by atoms with E-state index < -0.39 is 0 Å². The molecule has 0 saturated heterocycles. The lowest BCUT2D eigenvalue weighted by Crippen LogP contribution is -2.17. The van der Waals surface area contributed by atoms with Gasteiger partial charge in [-0.1, -0.05) is 12.1 Å². The molecule has 0 saturated carbocycles. The number of benzene rings is 1. The molecule has 0 aromatic heterocycles. The highest BCUT2D eigenvalue weighted by Gasteiger charge is 1.99. The Morgan fingerprint density at radius 2 is 2.23 bits per heavy atom. The zero-order valence-corrected chi connectivity index (χ0v) is 8.29. The molecule has 1 aromatic carbocycles. The summed E-state index contributed by atoms with van der Waals surface area (Å²) in [5.41, 5.74) is 6.94. The van der Waals surface area contributed by atoms with Crippen molar-refractivity contribution in [3.8, 4) is 5.75 Å². The molecule has 0 bridgehead atoms. The third-order valence-electron chi connectivity index (χ3n) is 1.77. The van der Waals surface area contributed by atoms with Gasteiger partial charge in [-0.15, -0.1) is 0 Å². The molecule has 0 unspecified atom stereocenters.